The van der Waals surface area contributed by atoms with Crippen LogP contribution in [0.3, 0.4) is 0 Å². The maximum absolute atomic E-state index is 12.1. The Bertz CT molecular complexity index is 927. The van der Waals surface area contributed by atoms with Crippen LogP contribution in [0.25, 0.3) is 11.4 Å². The fourth-order valence-corrected chi connectivity index (χ4v) is 2.68. The van der Waals surface area contributed by atoms with Gasteiger partial charge in [-0.2, -0.15) is 13.6 Å². The minimum absolute atomic E-state index is 0.0405. The van der Waals surface area contributed by atoms with Gasteiger partial charge in [-0.1, -0.05) is 43.3 Å². The van der Waals surface area contributed by atoms with Crippen molar-refractivity contribution in [1.82, 2.24) is 25.5 Å². The molecule has 152 valence electrons. The van der Waals surface area contributed by atoms with Crippen LogP contribution in [0.4, 0.5) is 8.78 Å². The Morgan fingerprint density at radius 2 is 1.79 bits per heavy atom. The lowest BCUT2D eigenvalue weighted by atomic mass is 10.1. The average Bonchev–Trinajstić information content (AvgIpc) is 3.17. The Balaban J connectivity index is 1.45. The number of nitrogens with zero attached hydrogens (tertiary/aromatic N) is 4. The van der Waals surface area contributed by atoms with E-state index in [4.69, 9.17) is 0 Å². The van der Waals surface area contributed by atoms with Crippen LogP contribution in [0.15, 0.2) is 48.5 Å². The number of amides is 1. The zero-order chi connectivity index (χ0) is 20.6. The van der Waals surface area contributed by atoms with Crippen LogP contribution in [-0.2, 0) is 24.2 Å². The number of carbonyl (C=O) groups is 1. The molecule has 3 aromatic rings. The van der Waals surface area contributed by atoms with Gasteiger partial charge in [-0.25, -0.2) is 0 Å². The third-order valence-electron chi connectivity index (χ3n) is 4.24. The summed E-state index contributed by atoms with van der Waals surface area (Å²) in [5.41, 5.74) is 2.95. The summed E-state index contributed by atoms with van der Waals surface area (Å²) in [7, 11) is 0. The van der Waals surface area contributed by atoms with Crippen LogP contribution < -0.4 is 10.1 Å². The molecule has 3 rings (SSSR count). The third-order valence-corrected chi connectivity index (χ3v) is 4.24. The molecule has 0 fully saturated rings. The Morgan fingerprint density at radius 3 is 2.45 bits per heavy atom. The van der Waals surface area contributed by atoms with E-state index in [1.165, 1.54) is 22.5 Å². The first kappa shape index (κ1) is 20.4. The van der Waals surface area contributed by atoms with Gasteiger partial charge in [-0.3, -0.25) is 4.79 Å². The summed E-state index contributed by atoms with van der Waals surface area (Å²) >= 11 is 0. The molecule has 0 atom stereocenters. The normalized spacial score (nSPS) is 10.9. The molecule has 1 amide bonds. The summed E-state index contributed by atoms with van der Waals surface area (Å²) in [6, 6.07) is 14.2. The zero-order valence-electron chi connectivity index (χ0n) is 15.9. The topological polar surface area (TPSA) is 81.9 Å². The Hall–Kier alpha value is -3.36. The number of tetrazole rings is 1. The molecule has 0 saturated carbocycles. The highest BCUT2D eigenvalue weighted by molar-refractivity contribution is 5.75. The van der Waals surface area contributed by atoms with E-state index in [9.17, 15) is 13.6 Å². The number of aryl methyl sites for hydroxylation is 1. The Morgan fingerprint density at radius 1 is 1.10 bits per heavy atom. The number of alkyl halides is 2. The van der Waals surface area contributed by atoms with Gasteiger partial charge >= 0.3 is 6.61 Å². The van der Waals surface area contributed by atoms with Gasteiger partial charge in [0.2, 0.25) is 11.7 Å². The molecule has 0 aliphatic carbocycles. The fourth-order valence-electron chi connectivity index (χ4n) is 2.68. The van der Waals surface area contributed by atoms with Crippen molar-refractivity contribution in [3.8, 4) is 17.1 Å². The predicted octanol–water partition coefficient (Wildman–Crippen LogP) is 2.86. The number of ether oxygens (including phenoxy) is 1. The molecule has 0 saturated heterocycles. The second-order valence-corrected chi connectivity index (χ2v) is 6.32. The molecule has 0 unspecified atom stereocenters. The smallest absolute Gasteiger partial charge is 0.387 e. The molecule has 0 spiro atoms. The van der Waals surface area contributed by atoms with Gasteiger partial charge in [0.05, 0.1) is 0 Å². The van der Waals surface area contributed by atoms with Crippen molar-refractivity contribution in [1.29, 1.82) is 0 Å². The molecular weight excluding hydrogens is 380 g/mol. The maximum atomic E-state index is 12.1. The lowest BCUT2D eigenvalue weighted by Crippen LogP contribution is -2.30. The van der Waals surface area contributed by atoms with Crippen LogP contribution in [0.2, 0.25) is 0 Å². The van der Waals surface area contributed by atoms with E-state index in [0.29, 0.717) is 18.8 Å². The van der Waals surface area contributed by atoms with Crippen molar-refractivity contribution in [2.45, 2.75) is 32.9 Å². The summed E-state index contributed by atoms with van der Waals surface area (Å²) in [4.78, 5) is 13.3. The summed E-state index contributed by atoms with van der Waals surface area (Å²) in [5.74, 6) is 0.324. The number of rotatable bonds is 9. The average molecular weight is 401 g/mol. The van der Waals surface area contributed by atoms with E-state index in [0.717, 1.165) is 17.5 Å². The number of carbonyl (C=O) groups excluding carboxylic acids is 1. The second-order valence-electron chi connectivity index (χ2n) is 6.32. The van der Waals surface area contributed by atoms with Crippen molar-refractivity contribution < 1.29 is 18.3 Å². The SMILES string of the molecule is CCc1ccc(-c2nnn(CC(=O)NCCc3ccc(OC(F)F)cc3)n2)cc1. The monoisotopic (exact) mass is 401 g/mol. The summed E-state index contributed by atoms with van der Waals surface area (Å²) in [6.07, 6.45) is 1.51. The third kappa shape index (κ3) is 6.06. The van der Waals surface area contributed by atoms with Crippen molar-refractivity contribution in [2.24, 2.45) is 0 Å². The van der Waals surface area contributed by atoms with Gasteiger partial charge in [0.25, 0.3) is 0 Å². The first-order chi connectivity index (χ1) is 14.0. The van der Waals surface area contributed by atoms with Crippen LogP contribution in [-0.4, -0.2) is 39.3 Å². The molecule has 1 N–H and O–H groups in total. The molecule has 1 heterocycles. The molecule has 0 aliphatic heterocycles. The van der Waals surface area contributed by atoms with Gasteiger partial charge in [-0.15, -0.1) is 10.2 Å². The summed E-state index contributed by atoms with van der Waals surface area (Å²) < 4.78 is 28.6. The number of halogens is 2. The second kappa shape index (κ2) is 9.72. The van der Waals surface area contributed by atoms with E-state index >= 15 is 0 Å². The number of hydrogen-bond acceptors (Lipinski definition) is 5. The van der Waals surface area contributed by atoms with Gasteiger partial charge in [0.15, 0.2) is 0 Å². The van der Waals surface area contributed by atoms with Crippen LogP contribution >= 0.6 is 0 Å². The largest absolute Gasteiger partial charge is 0.435 e. The van der Waals surface area contributed by atoms with Crippen LogP contribution in [0.1, 0.15) is 18.1 Å². The van der Waals surface area contributed by atoms with Gasteiger partial charge in [0.1, 0.15) is 12.3 Å². The molecule has 1 aromatic heterocycles. The zero-order valence-corrected chi connectivity index (χ0v) is 15.9. The van der Waals surface area contributed by atoms with E-state index in [-0.39, 0.29) is 18.2 Å². The number of hydrogen-bond donors (Lipinski definition) is 1. The van der Waals surface area contributed by atoms with Gasteiger partial charge in [-0.05, 0) is 41.3 Å². The number of aromatic nitrogens is 4. The Kier molecular flexibility index (Phi) is 6.83. The molecule has 2 aromatic carbocycles. The molecule has 7 nitrogen and oxygen atoms in total. The van der Waals surface area contributed by atoms with E-state index in [1.54, 1.807) is 12.1 Å². The van der Waals surface area contributed by atoms with E-state index in [2.05, 4.69) is 32.4 Å². The highest BCUT2D eigenvalue weighted by atomic mass is 19.3. The molecule has 29 heavy (non-hydrogen) atoms. The standard InChI is InChI=1S/C20H21F2N5O2/c1-2-14-3-7-16(8-4-14)19-24-26-27(25-19)13-18(28)23-12-11-15-5-9-17(10-6-15)29-20(21)22/h3-10,20H,2,11-13H2,1H3,(H,23,28). The molecular formula is C20H21F2N5O2. The Labute approximate surface area is 166 Å². The summed E-state index contributed by atoms with van der Waals surface area (Å²) in [6.45, 7) is -0.407. The molecule has 9 heteroatoms. The number of nitrogens with one attached hydrogen (secondary N) is 1. The van der Waals surface area contributed by atoms with Crippen molar-refractivity contribution >= 4 is 5.91 Å². The van der Waals surface area contributed by atoms with E-state index < -0.39 is 6.61 Å². The highest BCUT2D eigenvalue weighted by Gasteiger charge is 2.09. The predicted molar refractivity (Wildman–Crippen MR) is 102 cm³/mol. The first-order valence-electron chi connectivity index (χ1n) is 9.21. The lowest BCUT2D eigenvalue weighted by Gasteiger charge is -2.07. The van der Waals surface area contributed by atoms with E-state index in [1.807, 2.05) is 24.3 Å². The van der Waals surface area contributed by atoms with Crippen molar-refractivity contribution in [3.05, 3.63) is 59.7 Å². The first-order valence-corrected chi connectivity index (χ1v) is 9.21. The van der Waals surface area contributed by atoms with Crippen molar-refractivity contribution in [3.63, 3.8) is 0 Å². The molecule has 0 radical (unpaired) electrons. The van der Waals surface area contributed by atoms with Gasteiger partial charge in [0, 0.05) is 12.1 Å². The molecule has 0 bridgehead atoms. The number of benzene rings is 2. The molecule has 0 aliphatic rings. The lowest BCUT2D eigenvalue weighted by molar-refractivity contribution is -0.122. The highest BCUT2D eigenvalue weighted by Crippen LogP contribution is 2.15. The van der Waals surface area contributed by atoms with Crippen molar-refractivity contribution in [2.75, 3.05) is 6.54 Å². The van der Waals surface area contributed by atoms with Crippen LogP contribution in [0, 0.1) is 0 Å². The minimum Gasteiger partial charge on any atom is -0.435 e. The maximum Gasteiger partial charge on any atom is 0.387 e. The minimum atomic E-state index is -2.85. The van der Waals surface area contributed by atoms with Gasteiger partial charge < -0.3 is 10.1 Å². The summed E-state index contributed by atoms with van der Waals surface area (Å²) in [5, 5.41) is 14.9. The van der Waals surface area contributed by atoms with Crippen LogP contribution in [0.5, 0.6) is 5.75 Å². The fraction of sp³-hybridized carbons (Fsp3) is 0.300. The quantitative estimate of drug-likeness (QED) is 0.596.